The first-order valence-electron chi connectivity index (χ1n) is 8.17. The smallest absolute Gasteiger partial charge is 0.392 e. The van der Waals surface area contributed by atoms with Crippen molar-refractivity contribution < 1.29 is 27.4 Å². The molecule has 0 spiro atoms. The minimum atomic E-state index is -4.35. The molecule has 2 aromatic carbocycles. The van der Waals surface area contributed by atoms with Gasteiger partial charge in [-0.05, 0) is 60.2 Å². The molecule has 0 aromatic heterocycles. The predicted octanol–water partition coefficient (Wildman–Crippen LogP) is 4.44. The van der Waals surface area contributed by atoms with E-state index in [-0.39, 0.29) is 5.70 Å². The first kappa shape index (κ1) is 23.2. The zero-order chi connectivity index (χ0) is 21.2. The van der Waals surface area contributed by atoms with Gasteiger partial charge in [0.2, 0.25) is 0 Å². The molecule has 2 aromatic rings. The van der Waals surface area contributed by atoms with E-state index in [0.717, 1.165) is 11.1 Å². The number of alkyl halides is 3. The van der Waals surface area contributed by atoms with Crippen molar-refractivity contribution in [1.29, 1.82) is 0 Å². The zero-order valence-corrected chi connectivity index (χ0v) is 15.9. The maximum Gasteiger partial charge on any atom is 0.392 e. The fourth-order valence-corrected chi connectivity index (χ4v) is 2.18. The number of carbonyl (C=O) groups is 1. The molecule has 0 fully saturated rings. The second kappa shape index (κ2) is 11.1. The second-order valence-electron chi connectivity index (χ2n) is 5.62. The molecule has 0 atom stereocenters. The standard InChI is InChI=1S/C18H17F3N2O2.C2H6O/c1-25-16-8-4-14(5-9-16)17(10-11-18(19,20)21)23(22)15-6-2-13(12-24)3-7-15;1-3-2/h2-10,12H,11,22H2,1H3;1-2H3/b17-10-;. The van der Waals surface area contributed by atoms with Crippen LogP contribution in [0.3, 0.4) is 0 Å². The van der Waals surface area contributed by atoms with Gasteiger partial charge in [0, 0.05) is 19.8 Å². The lowest BCUT2D eigenvalue weighted by molar-refractivity contribution is -0.124. The largest absolute Gasteiger partial charge is 0.497 e. The molecule has 152 valence electrons. The average Bonchev–Trinajstić information content (AvgIpc) is 2.68. The van der Waals surface area contributed by atoms with Crippen molar-refractivity contribution >= 4 is 17.7 Å². The Kier molecular flexibility index (Phi) is 9.20. The Bertz CT molecular complexity index is 758. The van der Waals surface area contributed by atoms with Crippen molar-refractivity contribution in [1.82, 2.24) is 0 Å². The summed E-state index contributed by atoms with van der Waals surface area (Å²) in [5.41, 5.74) is 1.60. The van der Waals surface area contributed by atoms with Crippen LogP contribution in [-0.2, 0) is 4.74 Å². The minimum absolute atomic E-state index is 0.193. The van der Waals surface area contributed by atoms with Gasteiger partial charge >= 0.3 is 6.18 Å². The van der Waals surface area contributed by atoms with E-state index in [9.17, 15) is 18.0 Å². The molecule has 0 aliphatic rings. The van der Waals surface area contributed by atoms with Gasteiger partial charge in [-0.3, -0.25) is 9.80 Å². The Balaban J connectivity index is 0.00000122. The molecule has 8 heteroatoms. The van der Waals surface area contributed by atoms with Gasteiger partial charge in [-0.25, -0.2) is 5.84 Å². The summed E-state index contributed by atoms with van der Waals surface area (Å²) in [6, 6.07) is 12.7. The first-order valence-corrected chi connectivity index (χ1v) is 8.17. The molecular formula is C20H23F3N2O3. The summed E-state index contributed by atoms with van der Waals surface area (Å²) in [6.45, 7) is 0. The van der Waals surface area contributed by atoms with Gasteiger partial charge in [-0.2, -0.15) is 13.2 Å². The molecule has 0 radical (unpaired) electrons. The summed E-state index contributed by atoms with van der Waals surface area (Å²) in [5, 5.41) is 1.15. The van der Waals surface area contributed by atoms with Gasteiger partial charge in [-0.1, -0.05) is 0 Å². The summed E-state index contributed by atoms with van der Waals surface area (Å²) in [7, 11) is 4.75. The van der Waals surface area contributed by atoms with Crippen LogP contribution in [0.2, 0.25) is 0 Å². The molecule has 0 heterocycles. The molecule has 2 N–H and O–H groups in total. The van der Waals surface area contributed by atoms with E-state index in [4.69, 9.17) is 10.6 Å². The Hall–Kier alpha value is -2.84. The number of nitrogens with zero attached hydrogens (tertiary/aromatic N) is 1. The number of methoxy groups -OCH3 is 2. The molecular weight excluding hydrogens is 373 g/mol. The lowest BCUT2D eigenvalue weighted by Gasteiger charge is -2.23. The van der Waals surface area contributed by atoms with E-state index in [1.165, 1.54) is 19.2 Å². The van der Waals surface area contributed by atoms with E-state index >= 15 is 0 Å². The fraction of sp³-hybridized carbons (Fsp3) is 0.250. The van der Waals surface area contributed by atoms with Crippen LogP contribution in [0.1, 0.15) is 22.3 Å². The van der Waals surface area contributed by atoms with Gasteiger partial charge in [0.05, 0.1) is 24.9 Å². The third kappa shape index (κ3) is 7.42. The molecule has 0 saturated carbocycles. The van der Waals surface area contributed by atoms with Gasteiger partial charge < -0.3 is 9.47 Å². The molecule has 0 saturated heterocycles. The van der Waals surface area contributed by atoms with Crippen LogP contribution in [0.5, 0.6) is 5.75 Å². The van der Waals surface area contributed by atoms with E-state index in [0.29, 0.717) is 28.8 Å². The van der Waals surface area contributed by atoms with Gasteiger partial charge in [-0.15, -0.1) is 0 Å². The normalized spacial score (nSPS) is 11.3. The Morgan fingerprint density at radius 3 is 2.00 bits per heavy atom. The fourth-order valence-electron chi connectivity index (χ4n) is 2.18. The monoisotopic (exact) mass is 396 g/mol. The van der Waals surface area contributed by atoms with Crippen LogP contribution in [0.15, 0.2) is 54.6 Å². The van der Waals surface area contributed by atoms with Crippen molar-refractivity contribution in [2.24, 2.45) is 5.84 Å². The van der Waals surface area contributed by atoms with Crippen LogP contribution < -0.4 is 15.6 Å². The van der Waals surface area contributed by atoms with Gasteiger partial charge in [0.25, 0.3) is 0 Å². The van der Waals surface area contributed by atoms with E-state index in [1.807, 2.05) is 0 Å². The number of aldehydes is 1. The van der Waals surface area contributed by atoms with Crippen LogP contribution >= 0.6 is 0 Å². The number of carbonyl (C=O) groups excluding carboxylic acids is 1. The van der Waals surface area contributed by atoms with Crippen LogP contribution in [0, 0.1) is 0 Å². The van der Waals surface area contributed by atoms with E-state index in [2.05, 4.69) is 4.74 Å². The Morgan fingerprint density at radius 2 is 1.57 bits per heavy atom. The highest BCUT2D eigenvalue weighted by molar-refractivity contribution is 5.80. The molecule has 0 bridgehead atoms. The number of hydrogen-bond donors (Lipinski definition) is 1. The highest BCUT2D eigenvalue weighted by Gasteiger charge is 2.26. The first-order chi connectivity index (χ1) is 13.3. The predicted molar refractivity (Wildman–Crippen MR) is 103 cm³/mol. The molecule has 2 rings (SSSR count). The van der Waals surface area contributed by atoms with Crippen molar-refractivity contribution in [3.8, 4) is 5.75 Å². The molecule has 28 heavy (non-hydrogen) atoms. The van der Waals surface area contributed by atoms with Crippen molar-refractivity contribution in [3.05, 3.63) is 65.7 Å². The number of benzene rings is 2. The number of nitrogens with two attached hydrogens (primary N) is 1. The number of anilines is 1. The molecule has 5 nitrogen and oxygen atoms in total. The summed E-state index contributed by atoms with van der Waals surface area (Å²) in [4.78, 5) is 10.7. The SMILES string of the molecule is COC.COc1ccc(/C(=C/CC(F)(F)F)N(N)c2ccc(C=O)cc2)cc1. The molecule has 0 aliphatic heterocycles. The maximum absolute atomic E-state index is 12.7. The third-order valence-electron chi connectivity index (χ3n) is 3.48. The highest BCUT2D eigenvalue weighted by atomic mass is 19.4. The molecule has 0 aliphatic carbocycles. The zero-order valence-electron chi connectivity index (χ0n) is 15.9. The summed E-state index contributed by atoms with van der Waals surface area (Å²) in [5.74, 6) is 6.62. The number of ether oxygens (including phenoxy) is 2. The molecule has 0 amide bonds. The van der Waals surface area contributed by atoms with Crippen LogP contribution in [0.4, 0.5) is 18.9 Å². The molecule has 0 unspecified atom stereocenters. The summed E-state index contributed by atoms with van der Waals surface area (Å²) >= 11 is 0. The van der Waals surface area contributed by atoms with Crippen molar-refractivity contribution in [2.75, 3.05) is 26.3 Å². The van der Waals surface area contributed by atoms with Gasteiger partial charge in [0.15, 0.2) is 0 Å². The number of allylic oxidation sites excluding steroid dienone is 1. The van der Waals surface area contributed by atoms with Crippen molar-refractivity contribution in [2.45, 2.75) is 12.6 Å². The number of hydrogen-bond acceptors (Lipinski definition) is 5. The quantitative estimate of drug-likeness (QED) is 0.444. The van der Waals surface area contributed by atoms with Crippen LogP contribution in [-0.4, -0.2) is 33.8 Å². The Morgan fingerprint density at radius 1 is 1.04 bits per heavy atom. The van der Waals surface area contributed by atoms with Crippen molar-refractivity contribution in [3.63, 3.8) is 0 Å². The number of hydrazine groups is 1. The number of halogens is 3. The maximum atomic E-state index is 12.7. The highest BCUT2D eigenvalue weighted by Crippen LogP contribution is 2.28. The lowest BCUT2D eigenvalue weighted by Crippen LogP contribution is -2.29. The van der Waals surface area contributed by atoms with E-state index < -0.39 is 12.6 Å². The number of rotatable bonds is 6. The Labute approximate surface area is 162 Å². The lowest BCUT2D eigenvalue weighted by atomic mass is 10.1. The minimum Gasteiger partial charge on any atom is -0.497 e. The van der Waals surface area contributed by atoms with Gasteiger partial charge in [0.1, 0.15) is 12.0 Å². The topological polar surface area (TPSA) is 64.8 Å². The summed E-state index contributed by atoms with van der Waals surface area (Å²) in [6.07, 6.45) is -3.77. The van der Waals surface area contributed by atoms with Crippen LogP contribution in [0.25, 0.3) is 5.70 Å². The average molecular weight is 396 g/mol. The third-order valence-corrected chi connectivity index (χ3v) is 3.48. The second-order valence-corrected chi connectivity index (χ2v) is 5.62. The summed E-state index contributed by atoms with van der Waals surface area (Å²) < 4.78 is 47.3. The van der Waals surface area contributed by atoms with E-state index in [1.54, 1.807) is 50.6 Å².